The van der Waals surface area contributed by atoms with Gasteiger partial charge in [-0.05, 0) is 22.0 Å². The van der Waals surface area contributed by atoms with E-state index >= 15 is 0 Å². The Morgan fingerprint density at radius 2 is 1.95 bits per heavy atom. The number of esters is 1. The van der Waals surface area contributed by atoms with Crippen molar-refractivity contribution in [2.24, 2.45) is 0 Å². The van der Waals surface area contributed by atoms with E-state index in [0.29, 0.717) is 0 Å². The number of hydrogen-bond donors (Lipinski definition) is 0. The highest BCUT2D eigenvalue weighted by atomic mass is 79.9. The molecule has 0 unspecified atom stereocenters. The van der Waals surface area contributed by atoms with Crippen LogP contribution in [0.2, 0.25) is 0 Å². The number of halogens is 4. The van der Waals surface area contributed by atoms with E-state index in [4.69, 9.17) is 4.74 Å². The minimum absolute atomic E-state index is 0.0472. The van der Waals surface area contributed by atoms with Gasteiger partial charge < -0.3 is 18.9 Å². The molecular weight excluding hydrogens is 349 g/mol. The van der Waals surface area contributed by atoms with Crippen LogP contribution in [-0.2, 0) is 9.47 Å². The number of rotatable bonds is 5. The number of methoxy groups -OCH3 is 2. The fraction of sp³-hybridized carbons (Fsp3) is 0.364. The Morgan fingerprint density at radius 1 is 1.30 bits per heavy atom. The van der Waals surface area contributed by atoms with Gasteiger partial charge in [0.25, 0.3) is 0 Å². The van der Waals surface area contributed by atoms with Crippen LogP contribution in [-0.4, -0.2) is 33.3 Å². The van der Waals surface area contributed by atoms with E-state index in [1.165, 1.54) is 7.11 Å². The van der Waals surface area contributed by atoms with Gasteiger partial charge in [-0.3, -0.25) is 0 Å². The van der Waals surface area contributed by atoms with E-state index in [2.05, 4.69) is 30.1 Å². The maximum Gasteiger partial charge on any atom is 0.573 e. The molecule has 0 aliphatic heterocycles. The quantitative estimate of drug-likeness (QED) is 0.597. The van der Waals surface area contributed by atoms with Crippen molar-refractivity contribution in [3.63, 3.8) is 0 Å². The summed E-state index contributed by atoms with van der Waals surface area (Å²) in [5, 5.41) is 0. The average molecular weight is 359 g/mol. The summed E-state index contributed by atoms with van der Waals surface area (Å²) in [7, 11) is 2.44. The number of ether oxygens (including phenoxy) is 4. The van der Waals surface area contributed by atoms with Crippen molar-refractivity contribution in [2.75, 3.05) is 21.0 Å². The lowest BCUT2D eigenvalue weighted by atomic mass is 10.2. The Hall–Kier alpha value is -1.48. The highest BCUT2D eigenvalue weighted by Crippen LogP contribution is 2.36. The van der Waals surface area contributed by atoms with Gasteiger partial charge in [-0.15, -0.1) is 13.2 Å². The molecule has 1 aromatic carbocycles. The molecule has 0 saturated heterocycles. The van der Waals surface area contributed by atoms with Crippen molar-refractivity contribution >= 4 is 21.9 Å². The molecule has 0 N–H and O–H groups in total. The lowest BCUT2D eigenvalue weighted by molar-refractivity contribution is -0.274. The van der Waals surface area contributed by atoms with E-state index in [1.807, 2.05) is 0 Å². The standard InChI is InChI=1S/C11H10BrF3O5/c1-17-5-19-8-4-6(20-11(13,14)15)3-7(9(8)12)10(16)18-2/h3-4H,5H2,1-2H3. The molecule has 0 atom stereocenters. The highest BCUT2D eigenvalue weighted by Gasteiger charge is 2.32. The topological polar surface area (TPSA) is 54.0 Å². The molecule has 0 heterocycles. The monoisotopic (exact) mass is 358 g/mol. The largest absolute Gasteiger partial charge is 0.573 e. The third-order valence-corrected chi connectivity index (χ3v) is 2.80. The Kier molecular flexibility index (Phi) is 5.63. The van der Waals surface area contributed by atoms with E-state index < -0.39 is 18.1 Å². The number of carbonyl (C=O) groups excluding carboxylic acids is 1. The zero-order valence-corrected chi connectivity index (χ0v) is 12.0. The molecule has 9 heteroatoms. The zero-order chi connectivity index (χ0) is 15.3. The van der Waals surface area contributed by atoms with E-state index in [-0.39, 0.29) is 22.6 Å². The van der Waals surface area contributed by atoms with Crippen LogP contribution in [0.25, 0.3) is 0 Å². The lowest BCUT2D eigenvalue weighted by Crippen LogP contribution is -2.18. The molecule has 0 aliphatic carbocycles. The minimum Gasteiger partial charge on any atom is -0.466 e. The molecule has 0 bridgehead atoms. The Balaban J connectivity index is 3.22. The van der Waals surface area contributed by atoms with Gasteiger partial charge in [0.1, 0.15) is 11.5 Å². The van der Waals surface area contributed by atoms with Crippen LogP contribution in [0.15, 0.2) is 16.6 Å². The van der Waals surface area contributed by atoms with Gasteiger partial charge in [-0.1, -0.05) is 0 Å². The summed E-state index contributed by atoms with van der Waals surface area (Å²) in [6.07, 6.45) is -4.89. The Labute approximate surface area is 120 Å². The number of alkyl halides is 3. The van der Waals surface area contributed by atoms with Crippen molar-refractivity contribution in [3.8, 4) is 11.5 Å². The van der Waals surface area contributed by atoms with Gasteiger partial charge in [0, 0.05) is 13.2 Å². The predicted octanol–water partition coefficient (Wildman–Crippen LogP) is 3.12. The van der Waals surface area contributed by atoms with Gasteiger partial charge in [0.15, 0.2) is 6.79 Å². The number of benzene rings is 1. The maximum atomic E-state index is 12.2. The first kappa shape index (κ1) is 16.6. The number of hydrogen-bond acceptors (Lipinski definition) is 5. The molecule has 1 rings (SSSR count). The molecule has 0 aromatic heterocycles. The first-order chi connectivity index (χ1) is 9.28. The van der Waals surface area contributed by atoms with Crippen LogP contribution in [0.5, 0.6) is 11.5 Å². The van der Waals surface area contributed by atoms with Crippen LogP contribution < -0.4 is 9.47 Å². The van der Waals surface area contributed by atoms with Crippen LogP contribution >= 0.6 is 15.9 Å². The summed E-state index contributed by atoms with van der Waals surface area (Å²) in [5.74, 6) is -1.49. The van der Waals surface area contributed by atoms with Gasteiger partial charge in [-0.25, -0.2) is 4.79 Å². The molecule has 1 aromatic rings. The molecule has 0 aliphatic rings. The lowest BCUT2D eigenvalue weighted by Gasteiger charge is -2.14. The van der Waals surface area contributed by atoms with Gasteiger partial charge in [0.2, 0.25) is 0 Å². The maximum absolute atomic E-state index is 12.2. The Bertz CT molecular complexity index is 490. The van der Waals surface area contributed by atoms with E-state index in [0.717, 1.165) is 19.2 Å². The fourth-order valence-corrected chi connectivity index (χ4v) is 1.76. The summed E-state index contributed by atoms with van der Waals surface area (Å²) in [5.41, 5.74) is -0.166. The molecule has 20 heavy (non-hydrogen) atoms. The smallest absolute Gasteiger partial charge is 0.466 e. The molecule has 0 saturated carbocycles. The number of carbonyl (C=O) groups is 1. The normalized spacial score (nSPS) is 11.1. The molecule has 0 spiro atoms. The summed E-state index contributed by atoms with van der Waals surface area (Å²) in [4.78, 5) is 11.5. The second-order valence-electron chi connectivity index (χ2n) is 3.37. The van der Waals surface area contributed by atoms with Crippen molar-refractivity contribution in [1.29, 1.82) is 0 Å². The molecule has 0 amide bonds. The van der Waals surface area contributed by atoms with Crippen molar-refractivity contribution < 1.29 is 36.9 Å². The van der Waals surface area contributed by atoms with Crippen molar-refractivity contribution in [3.05, 3.63) is 22.2 Å². The SMILES string of the molecule is COCOc1cc(OC(F)(F)F)cc(C(=O)OC)c1Br. The summed E-state index contributed by atoms with van der Waals surface area (Å²) in [6.45, 7) is -0.214. The predicted molar refractivity (Wildman–Crippen MR) is 64.7 cm³/mol. The second-order valence-corrected chi connectivity index (χ2v) is 4.17. The first-order valence-corrected chi connectivity index (χ1v) is 5.87. The molecular formula is C11H10BrF3O5. The molecule has 5 nitrogen and oxygen atoms in total. The third-order valence-electron chi connectivity index (χ3n) is 1.98. The van der Waals surface area contributed by atoms with Gasteiger partial charge >= 0.3 is 12.3 Å². The molecule has 0 fully saturated rings. The van der Waals surface area contributed by atoms with Crippen LogP contribution in [0.3, 0.4) is 0 Å². The van der Waals surface area contributed by atoms with Crippen molar-refractivity contribution in [1.82, 2.24) is 0 Å². The zero-order valence-electron chi connectivity index (χ0n) is 10.4. The second kappa shape index (κ2) is 6.80. The van der Waals surface area contributed by atoms with Gasteiger partial charge in [-0.2, -0.15) is 0 Å². The van der Waals surface area contributed by atoms with Gasteiger partial charge in [0.05, 0.1) is 17.1 Å². The molecule has 0 radical (unpaired) electrons. The van der Waals surface area contributed by atoms with Crippen molar-refractivity contribution in [2.45, 2.75) is 6.36 Å². The minimum atomic E-state index is -4.89. The van der Waals surface area contributed by atoms with Crippen LogP contribution in [0.4, 0.5) is 13.2 Å². The highest BCUT2D eigenvalue weighted by molar-refractivity contribution is 9.10. The third kappa shape index (κ3) is 4.57. The summed E-state index contributed by atoms with van der Waals surface area (Å²) >= 11 is 3.05. The average Bonchev–Trinajstić information content (AvgIpc) is 2.36. The summed E-state index contributed by atoms with van der Waals surface area (Å²) < 4.78 is 54.7. The first-order valence-electron chi connectivity index (χ1n) is 5.08. The van der Waals surface area contributed by atoms with E-state index in [9.17, 15) is 18.0 Å². The van der Waals surface area contributed by atoms with Crippen LogP contribution in [0.1, 0.15) is 10.4 Å². The summed E-state index contributed by atoms with van der Waals surface area (Å²) in [6, 6.07) is 1.87. The fourth-order valence-electron chi connectivity index (χ4n) is 1.25. The Morgan fingerprint density at radius 3 is 2.45 bits per heavy atom. The molecule has 112 valence electrons. The van der Waals surface area contributed by atoms with Crippen LogP contribution in [0, 0.1) is 0 Å². The van der Waals surface area contributed by atoms with E-state index in [1.54, 1.807) is 0 Å².